The van der Waals surface area contributed by atoms with E-state index < -0.39 is 17.6 Å². The number of carbonyl (C=O) groups is 3. The third kappa shape index (κ3) is 7.67. The molecule has 10 heteroatoms. The Morgan fingerprint density at radius 1 is 1.11 bits per heavy atom. The third-order valence-electron chi connectivity index (χ3n) is 9.41. The summed E-state index contributed by atoms with van der Waals surface area (Å²) in [6.07, 6.45) is 1.38. The summed E-state index contributed by atoms with van der Waals surface area (Å²) in [4.78, 5) is 40.8. The van der Waals surface area contributed by atoms with Crippen LogP contribution in [0.2, 0.25) is 5.02 Å². The molecule has 1 unspecified atom stereocenters. The van der Waals surface area contributed by atoms with E-state index >= 15 is 0 Å². The smallest absolute Gasteiger partial charge is 0.251 e. The van der Waals surface area contributed by atoms with Crippen molar-refractivity contribution in [2.75, 3.05) is 13.1 Å². The van der Waals surface area contributed by atoms with Crippen LogP contribution >= 0.6 is 11.6 Å². The molecule has 0 bridgehead atoms. The molecular weight excluding hydrogens is 604 g/mol. The highest BCUT2D eigenvalue weighted by molar-refractivity contribution is 6.31. The largest absolute Gasteiger partial charge is 0.489 e. The maximum atomic E-state index is 13.3. The molecule has 0 spiro atoms. The predicted molar refractivity (Wildman–Crippen MR) is 177 cm³/mol. The molecule has 9 nitrogen and oxygen atoms in total. The van der Waals surface area contributed by atoms with Gasteiger partial charge in [0.2, 0.25) is 11.8 Å². The minimum absolute atomic E-state index is 0.149. The van der Waals surface area contributed by atoms with Crippen molar-refractivity contribution < 1.29 is 24.2 Å². The number of carbonyl (C=O) groups excluding carboxylic acids is 3. The molecule has 2 atom stereocenters. The molecule has 2 aromatic rings. The van der Waals surface area contributed by atoms with Crippen LogP contribution in [0.15, 0.2) is 42.5 Å². The quantitative estimate of drug-likeness (QED) is 0.321. The second kappa shape index (κ2) is 13.6. The van der Waals surface area contributed by atoms with E-state index in [0.717, 1.165) is 5.56 Å². The third-order valence-corrected chi connectivity index (χ3v) is 9.72. The monoisotopic (exact) mass is 650 g/mol. The molecule has 1 saturated heterocycles. The Balaban J connectivity index is 1.28. The standard InChI is InChI=1S/C36H47ClN4O5/c1-34(2,3)29(31(45)41-18-17-25(42)21-41)39-28(43)10-8-9-22-11-13-23(14-12-22)30(44)40-32-35(4,5)33(36(32,6)7)46-26-16-15-24(20-38)27(37)19-26/h11-16,19,25,29,32-33,42H,8-10,17-18,21H2,1-7H3,(H,39,43)(H,40,44)/t25-,29?,32-,33-/m1/s1. The molecule has 2 aliphatic rings. The van der Waals surface area contributed by atoms with Gasteiger partial charge in [-0.25, -0.2) is 0 Å². The molecule has 3 amide bonds. The lowest BCUT2D eigenvalue weighted by Gasteiger charge is -2.63. The fraction of sp³-hybridized carbons (Fsp3) is 0.556. The second-order valence-corrected chi connectivity index (χ2v) is 15.4. The summed E-state index contributed by atoms with van der Waals surface area (Å²) in [5.41, 5.74) is 0.750. The highest BCUT2D eigenvalue weighted by Gasteiger charge is 2.64. The SMILES string of the molecule is CC(C)(C)C(NC(=O)CCCc1ccc(C(=O)N[C@H]2C(C)(C)[C@H](Oc3ccc(C#N)c(Cl)c3)C2(C)C)cc1)C(=O)N1CC[C@@H](O)C1. The number of β-amino-alcohol motifs (C(OH)–C–C–N with tert-alkyl or cyclic N) is 1. The molecular formula is C36H47ClN4O5. The Kier molecular flexibility index (Phi) is 10.4. The molecule has 1 aliphatic carbocycles. The van der Waals surface area contributed by atoms with E-state index in [1.54, 1.807) is 35.2 Å². The first kappa shape index (κ1) is 35.2. The van der Waals surface area contributed by atoms with Gasteiger partial charge in [0.05, 0.1) is 16.7 Å². The maximum absolute atomic E-state index is 13.3. The lowest BCUT2D eigenvalue weighted by molar-refractivity contribution is -0.164. The average molecular weight is 651 g/mol. The zero-order valence-electron chi connectivity index (χ0n) is 27.9. The molecule has 1 saturated carbocycles. The van der Waals surface area contributed by atoms with Crippen LogP contribution < -0.4 is 15.4 Å². The van der Waals surface area contributed by atoms with Gasteiger partial charge >= 0.3 is 0 Å². The molecule has 0 radical (unpaired) electrons. The van der Waals surface area contributed by atoms with Gasteiger partial charge in [-0.2, -0.15) is 5.26 Å². The van der Waals surface area contributed by atoms with Gasteiger partial charge in [0.25, 0.3) is 5.91 Å². The van der Waals surface area contributed by atoms with Crippen molar-refractivity contribution in [2.45, 2.75) is 98.4 Å². The number of aliphatic hydroxyl groups is 1. The number of hydrogen-bond acceptors (Lipinski definition) is 6. The average Bonchev–Trinajstić information content (AvgIpc) is 3.42. The number of hydrogen-bond donors (Lipinski definition) is 3. The number of likely N-dealkylation sites (tertiary alicyclic amines) is 1. The maximum Gasteiger partial charge on any atom is 0.251 e. The van der Waals surface area contributed by atoms with E-state index in [-0.39, 0.29) is 47.1 Å². The van der Waals surface area contributed by atoms with Gasteiger partial charge in [-0.3, -0.25) is 14.4 Å². The predicted octanol–water partition coefficient (Wildman–Crippen LogP) is 5.27. The van der Waals surface area contributed by atoms with E-state index in [1.165, 1.54) is 0 Å². The van der Waals surface area contributed by atoms with Gasteiger partial charge in [-0.15, -0.1) is 0 Å². The minimum atomic E-state index is -0.662. The Morgan fingerprint density at radius 3 is 2.30 bits per heavy atom. The summed E-state index contributed by atoms with van der Waals surface area (Å²) in [6, 6.07) is 13.7. The Bertz CT molecular complexity index is 1480. The molecule has 248 valence electrons. The van der Waals surface area contributed by atoms with Crippen LogP contribution in [0.5, 0.6) is 5.75 Å². The van der Waals surface area contributed by atoms with Crippen molar-refractivity contribution in [1.82, 2.24) is 15.5 Å². The second-order valence-electron chi connectivity index (χ2n) is 14.9. The number of ether oxygens (including phenoxy) is 1. The van der Waals surface area contributed by atoms with Gasteiger partial charge in [-0.05, 0) is 54.5 Å². The van der Waals surface area contributed by atoms with Crippen molar-refractivity contribution in [3.63, 3.8) is 0 Å². The lowest BCUT2D eigenvalue weighted by Crippen LogP contribution is -2.74. The number of amides is 3. The van der Waals surface area contributed by atoms with Crippen LogP contribution in [0, 0.1) is 27.6 Å². The first-order chi connectivity index (χ1) is 21.4. The molecule has 3 N–H and O–H groups in total. The highest BCUT2D eigenvalue weighted by Crippen LogP contribution is 2.55. The summed E-state index contributed by atoms with van der Waals surface area (Å²) < 4.78 is 6.32. The van der Waals surface area contributed by atoms with E-state index in [0.29, 0.717) is 54.3 Å². The van der Waals surface area contributed by atoms with E-state index in [9.17, 15) is 19.5 Å². The first-order valence-corrected chi connectivity index (χ1v) is 16.3. The van der Waals surface area contributed by atoms with Crippen LogP contribution in [0.1, 0.15) is 89.2 Å². The Hall–Kier alpha value is -3.61. The fourth-order valence-corrected chi connectivity index (χ4v) is 7.31. The van der Waals surface area contributed by atoms with Crippen molar-refractivity contribution in [1.29, 1.82) is 5.26 Å². The van der Waals surface area contributed by atoms with Crippen LogP contribution in [-0.2, 0) is 16.0 Å². The highest BCUT2D eigenvalue weighted by atomic mass is 35.5. The number of nitriles is 1. The number of aliphatic hydroxyl groups excluding tert-OH is 1. The van der Waals surface area contributed by atoms with Gasteiger partial charge in [-0.1, -0.05) is 72.2 Å². The van der Waals surface area contributed by atoms with Crippen molar-refractivity contribution in [3.8, 4) is 11.8 Å². The van der Waals surface area contributed by atoms with Crippen molar-refractivity contribution in [2.24, 2.45) is 16.2 Å². The van der Waals surface area contributed by atoms with Crippen LogP contribution in [0.4, 0.5) is 0 Å². The van der Waals surface area contributed by atoms with Crippen molar-refractivity contribution >= 4 is 29.3 Å². The zero-order valence-corrected chi connectivity index (χ0v) is 28.7. The molecule has 2 aromatic carbocycles. The van der Waals surface area contributed by atoms with E-state index in [1.807, 2.05) is 32.9 Å². The number of nitrogens with zero attached hydrogens (tertiary/aromatic N) is 2. The summed E-state index contributed by atoms with van der Waals surface area (Å²) in [6.45, 7) is 14.8. The number of aryl methyl sites for hydroxylation is 1. The lowest BCUT2D eigenvalue weighted by atomic mass is 9.49. The number of nitrogens with one attached hydrogen (secondary N) is 2. The first-order valence-electron chi connectivity index (χ1n) is 16.0. The van der Waals surface area contributed by atoms with Gasteiger partial charge in [0, 0.05) is 48.0 Å². The fourth-order valence-electron chi connectivity index (χ4n) is 7.09. The summed E-state index contributed by atoms with van der Waals surface area (Å²) in [7, 11) is 0. The Morgan fingerprint density at radius 2 is 1.76 bits per heavy atom. The van der Waals surface area contributed by atoms with Crippen LogP contribution in [-0.4, -0.2) is 65.1 Å². The minimum Gasteiger partial charge on any atom is -0.489 e. The Labute approximate surface area is 277 Å². The molecule has 2 fully saturated rings. The number of benzene rings is 2. The van der Waals surface area contributed by atoms with Crippen LogP contribution in [0.25, 0.3) is 0 Å². The summed E-state index contributed by atoms with van der Waals surface area (Å²) in [5, 5.41) is 25.5. The van der Waals surface area contributed by atoms with Crippen LogP contribution in [0.3, 0.4) is 0 Å². The summed E-state index contributed by atoms with van der Waals surface area (Å²) in [5.74, 6) is 0.0807. The van der Waals surface area contributed by atoms with Crippen molar-refractivity contribution in [3.05, 3.63) is 64.2 Å². The van der Waals surface area contributed by atoms with Gasteiger partial charge in [0.15, 0.2) is 0 Å². The van der Waals surface area contributed by atoms with Gasteiger partial charge < -0.3 is 25.4 Å². The molecule has 1 heterocycles. The molecule has 0 aromatic heterocycles. The molecule has 46 heavy (non-hydrogen) atoms. The topological polar surface area (TPSA) is 132 Å². The van der Waals surface area contributed by atoms with E-state index in [4.69, 9.17) is 21.6 Å². The number of rotatable bonds is 10. The zero-order chi connectivity index (χ0) is 34.0. The summed E-state index contributed by atoms with van der Waals surface area (Å²) >= 11 is 6.21. The molecule has 1 aliphatic heterocycles. The normalized spacial score (nSPS) is 22.3. The number of halogens is 1. The van der Waals surface area contributed by atoms with Gasteiger partial charge in [0.1, 0.15) is 24.0 Å². The van der Waals surface area contributed by atoms with E-state index in [2.05, 4.69) is 44.4 Å². The molecule has 4 rings (SSSR count).